The van der Waals surface area contributed by atoms with Gasteiger partial charge in [0.25, 0.3) is 0 Å². The second kappa shape index (κ2) is 5.69. The lowest BCUT2D eigenvalue weighted by molar-refractivity contribution is 0.0938. The highest BCUT2D eigenvalue weighted by molar-refractivity contribution is 5.74. The molecule has 2 aliphatic rings. The molecule has 0 aromatic heterocycles. The first-order chi connectivity index (χ1) is 8.20. The van der Waals surface area contributed by atoms with Gasteiger partial charge in [-0.1, -0.05) is 6.92 Å². The highest BCUT2D eigenvalue weighted by atomic mass is 16.5. The Kier molecular flexibility index (Phi) is 4.23. The number of hydrogen-bond acceptors (Lipinski definition) is 3. The first-order valence-corrected chi connectivity index (χ1v) is 6.49. The molecule has 0 aromatic carbocycles. The molecule has 17 heavy (non-hydrogen) atoms. The second-order valence-electron chi connectivity index (χ2n) is 5.16. The van der Waals surface area contributed by atoms with Crippen LogP contribution in [0.15, 0.2) is 0 Å². The lowest BCUT2D eigenvalue weighted by Gasteiger charge is -2.32. The molecule has 2 heterocycles. The summed E-state index contributed by atoms with van der Waals surface area (Å²) < 4.78 is 5.33. The SMILES string of the molecule is CO[C@H]1CNCC1NC(=O)N1CCC(C)CC1. The second-order valence-corrected chi connectivity index (χ2v) is 5.16. The zero-order valence-corrected chi connectivity index (χ0v) is 10.7. The molecule has 98 valence electrons. The molecule has 0 spiro atoms. The number of carbonyl (C=O) groups excluding carboxylic acids is 1. The van der Waals surface area contributed by atoms with Crippen LogP contribution in [-0.2, 0) is 4.74 Å². The van der Waals surface area contributed by atoms with Crippen LogP contribution in [0.3, 0.4) is 0 Å². The van der Waals surface area contributed by atoms with Gasteiger partial charge in [0.05, 0.1) is 12.1 Å². The summed E-state index contributed by atoms with van der Waals surface area (Å²) in [5.41, 5.74) is 0. The third-order valence-corrected chi connectivity index (χ3v) is 3.84. The van der Waals surface area contributed by atoms with Crippen LogP contribution >= 0.6 is 0 Å². The minimum absolute atomic E-state index is 0.0626. The number of ether oxygens (including phenoxy) is 1. The van der Waals surface area contributed by atoms with Gasteiger partial charge in [-0.15, -0.1) is 0 Å². The molecule has 2 N–H and O–H groups in total. The predicted molar refractivity (Wildman–Crippen MR) is 66.0 cm³/mol. The lowest BCUT2D eigenvalue weighted by atomic mass is 10.00. The van der Waals surface area contributed by atoms with E-state index in [1.165, 1.54) is 0 Å². The molecule has 5 heteroatoms. The first-order valence-electron chi connectivity index (χ1n) is 6.49. The van der Waals surface area contributed by atoms with Crippen molar-refractivity contribution in [3.8, 4) is 0 Å². The van der Waals surface area contributed by atoms with Crippen molar-refractivity contribution < 1.29 is 9.53 Å². The monoisotopic (exact) mass is 241 g/mol. The fourth-order valence-corrected chi connectivity index (χ4v) is 2.51. The van der Waals surface area contributed by atoms with Crippen molar-refractivity contribution in [3.63, 3.8) is 0 Å². The summed E-state index contributed by atoms with van der Waals surface area (Å²) in [7, 11) is 1.69. The van der Waals surface area contributed by atoms with Crippen molar-refractivity contribution >= 4 is 6.03 Å². The Morgan fingerprint density at radius 1 is 1.35 bits per heavy atom. The standard InChI is InChI=1S/C12H23N3O2/c1-9-3-5-15(6-4-9)12(16)14-10-7-13-8-11(10)17-2/h9-11,13H,3-8H2,1-2H3,(H,14,16)/t10?,11-/m0/s1. The van der Waals surface area contributed by atoms with E-state index < -0.39 is 0 Å². The fourth-order valence-electron chi connectivity index (χ4n) is 2.51. The fraction of sp³-hybridized carbons (Fsp3) is 0.917. The first kappa shape index (κ1) is 12.6. The van der Waals surface area contributed by atoms with Crippen LogP contribution in [0, 0.1) is 5.92 Å². The van der Waals surface area contributed by atoms with Gasteiger partial charge >= 0.3 is 6.03 Å². The molecular weight excluding hydrogens is 218 g/mol. The molecule has 5 nitrogen and oxygen atoms in total. The number of nitrogens with zero attached hydrogens (tertiary/aromatic N) is 1. The van der Waals surface area contributed by atoms with Crippen LogP contribution < -0.4 is 10.6 Å². The molecular formula is C12H23N3O2. The van der Waals surface area contributed by atoms with Gasteiger partial charge in [0.2, 0.25) is 0 Å². The van der Waals surface area contributed by atoms with Gasteiger partial charge in [-0.25, -0.2) is 4.79 Å². The molecule has 2 atom stereocenters. The summed E-state index contributed by atoms with van der Waals surface area (Å²) in [6, 6.07) is 0.166. The molecule has 2 saturated heterocycles. The summed E-state index contributed by atoms with van der Waals surface area (Å²) in [6.07, 6.45) is 2.33. The van der Waals surface area contributed by atoms with Crippen LogP contribution in [0.25, 0.3) is 0 Å². The van der Waals surface area contributed by atoms with E-state index in [0.717, 1.165) is 44.9 Å². The Bertz CT molecular complexity index is 264. The van der Waals surface area contributed by atoms with E-state index in [1.807, 2.05) is 4.90 Å². The molecule has 0 bridgehead atoms. The van der Waals surface area contributed by atoms with Crippen molar-refractivity contribution in [1.29, 1.82) is 0 Å². The van der Waals surface area contributed by atoms with Gasteiger partial charge in [0.1, 0.15) is 0 Å². The van der Waals surface area contributed by atoms with Crippen LogP contribution in [0.1, 0.15) is 19.8 Å². The Hall–Kier alpha value is -0.810. The van der Waals surface area contributed by atoms with E-state index in [2.05, 4.69) is 17.6 Å². The number of nitrogens with one attached hydrogen (secondary N) is 2. The number of rotatable bonds is 2. The van der Waals surface area contributed by atoms with E-state index in [-0.39, 0.29) is 18.2 Å². The van der Waals surface area contributed by atoms with Crippen molar-refractivity contribution in [2.45, 2.75) is 31.9 Å². The highest BCUT2D eigenvalue weighted by Gasteiger charge is 2.30. The number of hydrogen-bond donors (Lipinski definition) is 2. The quantitative estimate of drug-likeness (QED) is 0.736. The van der Waals surface area contributed by atoms with Crippen molar-refractivity contribution in [3.05, 3.63) is 0 Å². The molecule has 1 unspecified atom stereocenters. The maximum absolute atomic E-state index is 12.1. The van der Waals surface area contributed by atoms with E-state index in [1.54, 1.807) is 7.11 Å². The summed E-state index contributed by atoms with van der Waals surface area (Å²) >= 11 is 0. The number of amides is 2. The molecule has 0 saturated carbocycles. The smallest absolute Gasteiger partial charge is 0.317 e. The highest BCUT2D eigenvalue weighted by Crippen LogP contribution is 2.16. The normalized spacial score (nSPS) is 30.6. The Morgan fingerprint density at radius 2 is 2.06 bits per heavy atom. The van der Waals surface area contributed by atoms with E-state index in [4.69, 9.17) is 4.74 Å². The van der Waals surface area contributed by atoms with Gasteiger partial charge in [-0.05, 0) is 18.8 Å². The number of urea groups is 1. The molecule has 0 aromatic rings. The number of methoxy groups -OCH3 is 1. The topological polar surface area (TPSA) is 53.6 Å². The van der Waals surface area contributed by atoms with Gasteiger partial charge in [-0.2, -0.15) is 0 Å². The minimum atomic E-state index is 0.0626. The maximum Gasteiger partial charge on any atom is 0.317 e. The molecule has 0 aliphatic carbocycles. The van der Waals surface area contributed by atoms with Crippen LogP contribution in [0.5, 0.6) is 0 Å². The third kappa shape index (κ3) is 3.10. The number of likely N-dealkylation sites (tertiary alicyclic amines) is 1. The summed E-state index contributed by atoms with van der Waals surface area (Å²) in [5, 5.41) is 6.29. The average Bonchev–Trinajstić information content (AvgIpc) is 2.77. The molecule has 2 aliphatic heterocycles. The maximum atomic E-state index is 12.1. The zero-order valence-electron chi connectivity index (χ0n) is 10.7. The minimum Gasteiger partial charge on any atom is -0.378 e. The van der Waals surface area contributed by atoms with E-state index in [9.17, 15) is 4.79 Å². The third-order valence-electron chi connectivity index (χ3n) is 3.84. The Morgan fingerprint density at radius 3 is 2.71 bits per heavy atom. The predicted octanol–water partition coefficient (Wildman–Crippen LogP) is 0.415. The lowest BCUT2D eigenvalue weighted by Crippen LogP contribution is -2.51. The zero-order chi connectivity index (χ0) is 12.3. The molecule has 2 rings (SSSR count). The van der Waals surface area contributed by atoms with Gasteiger partial charge in [0, 0.05) is 33.3 Å². The average molecular weight is 241 g/mol. The van der Waals surface area contributed by atoms with E-state index in [0.29, 0.717) is 0 Å². The van der Waals surface area contributed by atoms with Crippen LogP contribution in [0.4, 0.5) is 4.79 Å². The summed E-state index contributed by atoms with van der Waals surface area (Å²) in [5.74, 6) is 0.749. The van der Waals surface area contributed by atoms with Gasteiger partial charge < -0.3 is 20.3 Å². The van der Waals surface area contributed by atoms with Crippen molar-refractivity contribution in [1.82, 2.24) is 15.5 Å². The van der Waals surface area contributed by atoms with Gasteiger partial charge in [0.15, 0.2) is 0 Å². The Balaban J connectivity index is 1.80. The molecule has 0 radical (unpaired) electrons. The Labute approximate surface area is 103 Å². The summed E-state index contributed by atoms with van der Waals surface area (Å²) in [6.45, 7) is 5.62. The van der Waals surface area contributed by atoms with E-state index >= 15 is 0 Å². The van der Waals surface area contributed by atoms with Gasteiger partial charge in [-0.3, -0.25) is 0 Å². The largest absolute Gasteiger partial charge is 0.378 e. The van der Waals surface area contributed by atoms with Crippen molar-refractivity contribution in [2.24, 2.45) is 5.92 Å². The van der Waals surface area contributed by atoms with Crippen LogP contribution in [-0.4, -0.2) is 56.4 Å². The molecule has 2 fully saturated rings. The van der Waals surface area contributed by atoms with Crippen molar-refractivity contribution in [2.75, 3.05) is 33.3 Å². The number of piperidine rings is 1. The number of carbonyl (C=O) groups is 1. The molecule has 2 amide bonds. The van der Waals surface area contributed by atoms with Crippen LogP contribution in [0.2, 0.25) is 0 Å². The summed E-state index contributed by atoms with van der Waals surface area (Å²) in [4.78, 5) is 14.0.